The van der Waals surface area contributed by atoms with E-state index in [2.05, 4.69) is 0 Å². The quantitative estimate of drug-likeness (QED) is 0.633. The van der Waals surface area contributed by atoms with Crippen LogP contribution >= 0.6 is 0 Å². The summed E-state index contributed by atoms with van der Waals surface area (Å²) in [4.78, 5) is 24.7. The first kappa shape index (κ1) is 14.8. The fraction of sp³-hybridized carbons (Fsp3) is 0.385. The van der Waals surface area contributed by atoms with Crippen molar-refractivity contribution in [2.24, 2.45) is 0 Å². The van der Waals surface area contributed by atoms with Gasteiger partial charge in [-0.05, 0) is 25.1 Å². The number of nitrogens with two attached hydrogens (primary N) is 1. The van der Waals surface area contributed by atoms with E-state index in [9.17, 15) is 9.59 Å². The van der Waals surface area contributed by atoms with Crippen LogP contribution in [0.5, 0.6) is 5.75 Å². The lowest BCUT2D eigenvalue weighted by Gasteiger charge is -2.14. The van der Waals surface area contributed by atoms with Crippen LogP contribution in [0.2, 0.25) is 0 Å². The highest BCUT2D eigenvalue weighted by Gasteiger charge is 2.13. The van der Waals surface area contributed by atoms with Crippen molar-refractivity contribution in [1.82, 2.24) is 4.90 Å². The number of nitrogen functional groups attached to an aromatic ring is 1. The summed E-state index contributed by atoms with van der Waals surface area (Å²) in [6.45, 7) is 2.12. The Hall–Kier alpha value is -2.24. The monoisotopic (exact) mass is 266 g/mol. The first-order chi connectivity index (χ1) is 8.99. The van der Waals surface area contributed by atoms with Gasteiger partial charge in [-0.2, -0.15) is 0 Å². The second-order valence-electron chi connectivity index (χ2n) is 3.94. The largest absolute Gasteiger partial charge is 0.495 e. The van der Waals surface area contributed by atoms with E-state index in [4.69, 9.17) is 15.2 Å². The molecule has 0 heterocycles. The van der Waals surface area contributed by atoms with Gasteiger partial charge in [-0.1, -0.05) is 0 Å². The van der Waals surface area contributed by atoms with Crippen LogP contribution in [0.3, 0.4) is 0 Å². The Morgan fingerprint density at radius 2 is 2.05 bits per heavy atom. The number of likely N-dealkylation sites (N-methyl/N-ethyl adjacent to an activating group) is 1. The molecule has 2 N–H and O–H groups in total. The van der Waals surface area contributed by atoms with Crippen molar-refractivity contribution in [3.8, 4) is 5.75 Å². The zero-order chi connectivity index (χ0) is 14.4. The van der Waals surface area contributed by atoms with Crippen molar-refractivity contribution in [2.45, 2.75) is 6.92 Å². The van der Waals surface area contributed by atoms with Crippen molar-refractivity contribution in [1.29, 1.82) is 0 Å². The Bertz CT molecular complexity index is 474. The van der Waals surface area contributed by atoms with E-state index in [0.29, 0.717) is 18.0 Å². The number of methoxy groups -OCH3 is 1. The average Bonchev–Trinajstić information content (AvgIpc) is 2.43. The van der Waals surface area contributed by atoms with E-state index < -0.39 is 5.97 Å². The molecule has 1 rings (SSSR count). The zero-order valence-electron chi connectivity index (χ0n) is 11.3. The van der Waals surface area contributed by atoms with E-state index >= 15 is 0 Å². The molecular formula is C13H18N2O4. The number of carbonyl (C=O) groups is 2. The summed E-state index contributed by atoms with van der Waals surface area (Å²) in [5, 5.41) is 0. The van der Waals surface area contributed by atoms with Gasteiger partial charge in [0.1, 0.15) is 5.75 Å². The number of hydrogen-bond acceptors (Lipinski definition) is 5. The molecule has 6 nitrogen and oxygen atoms in total. The van der Waals surface area contributed by atoms with Crippen LogP contribution in [-0.4, -0.2) is 44.1 Å². The number of rotatable bonds is 5. The van der Waals surface area contributed by atoms with Gasteiger partial charge in [0, 0.05) is 13.6 Å². The predicted molar refractivity (Wildman–Crippen MR) is 71.0 cm³/mol. The third kappa shape index (κ3) is 3.87. The number of anilines is 1. The second-order valence-corrected chi connectivity index (χ2v) is 3.94. The van der Waals surface area contributed by atoms with Crippen molar-refractivity contribution in [2.75, 3.05) is 33.0 Å². The van der Waals surface area contributed by atoms with Crippen molar-refractivity contribution < 1.29 is 19.1 Å². The average molecular weight is 266 g/mol. The van der Waals surface area contributed by atoms with Gasteiger partial charge in [-0.3, -0.25) is 4.79 Å². The Morgan fingerprint density at radius 1 is 1.37 bits per heavy atom. The van der Waals surface area contributed by atoms with Gasteiger partial charge in [0.05, 0.1) is 18.4 Å². The minimum atomic E-state index is -0.591. The Morgan fingerprint density at radius 3 is 2.58 bits per heavy atom. The topological polar surface area (TPSA) is 81.9 Å². The number of benzene rings is 1. The first-order valence-electron chi connectivity index (χ1n) is 5.84. The van der Waals surface area contributed by atoms with Crippen molar-refractivity contribution in [3.05, 3.63) is 23.8 Å². The molecule has 0 aliphatic heterocycles. The summed E-state index contributed by atoms with van der Waals surface area (Å²) in [7, 11) is 3.13. The molecular weight excluding hydrogens is 248 g/mol. The van der Waals surface area contributed by atoms with Crippen molar-refractivity contribution >= 4 is 17.6 Å². The van der Waals surface area contributed by atoms with Crippen LogP contribution in [0.25, 0.3) is 0 Å². The van der Waals surface area contributed by atoms with E-state index in [1.54, 1.807) is 13.1 Å². The van der Waals surface area contributed by atoms with Gasteiger partial charge in [0.25, 0.3) is 5.91 Å². The number of hydrogen-bond donors (Lipinski definition) is 1. The van der Waals surface area contributed by atoms with E-state index in [1.165, 1.54) is 24.1 Å². The third-order valence-corrected chi connectivity index (χ3v) is 2.69. The van der Waals surface area contributed by atoms with Crippen LogP contribution < -0.4 is 10.5 Å². The smallest absolute Gasteiger partial charge is 0.338 e. The SMILES string of the molecule is CCN(C)C(=O)COC(=O)c1ccc(OC)c(N)c1. The molecule has 1 aromatic rings. The molecule has 0 radical (unpaired) electrons. The van der Waals surface area contributed by atoms with Crippen molar-refractivity contribution in [3.63, 3.8) is 0 Å². The maximum atomic E-state index is 11.7. The van der Waals surface area contributed by atoms with Gasteiger partial charge < -0.3 is 20.1 Å². The summed E-state index contributed by atoms with van der Waals surface area (Å²) in [5.41, 5.74) is 6.31. The number of amides is 1. The van der Waals surface area contributed by atoms with Crippen LogP contribution in [0.4, 0.5) is 5.69 Å². The van der Waals surface area contributed by atoms with Gasteiger partial charge in [0.2, 0.25) is 0 Å². The number of nitrogens with zero attached hydrogens (tertiary/aromatic N) is 1. The maximum absolute atomic E-state index is 11.7. The van der Waals surface area contributed by atoms with Gasteiger partial charge in [-0.15, -0.1) is 0 Å². The van der Waals surface area contributed by atoms with E-state index in [-0.39, 0.29) is 18.1 Å². The molecule has 0 fully saturated rings. The predicted octanol–water partition coefficient (Wildman–Crippen LogP) is 0.912. The summed E-state index contributed by atoms with van der Waals surface area (Å²) >= 11 is 0. The van der Waals surface area contributed by atoms with E-state index in [0.717, 1.165) is 0 Å². The summed E-state index contributed by atoms with van der Waals surface area (Å²) < 4.78 is 9.90. The summed E-state index contributed by atoms with van der Waals surface area (Å²) in [5.74, 6) is -0.358. The number of ether oxygens (including phenoxy) is 2. The summed E-state index contributed by atoms with van der Waals surface area (Å²) in [6.07, 6.45) is 0. The lowest BCUT2D eigenvalue weighted by molar-refractivity contribution is -0.133. The van der Waals surface area contributed by atoms with E-state index in [1.807, 2.05) is 6.92 Å². The molecule has 19 heavy (non-hydrogen) atoms. The van der Waals surface area contributed by atoms with Gasteiger partial charge >= 0.3 is 5.97 Å². The molecule has 0 aliphatic rings. The molecule has 0 bridgehead atoms. The number of esters is 1. The normalized spacial score (nSPS) is 9.84. The Kier molecular flexibility index (Phi) is 5.17. The molecule has 0 saturated carbocycles. The molecule has 6 heteroatoms. The molecule has 0 aromatic heterocycles. The molecule has 1 aromatic carbocycles. The molecule has 0 aliphatic carbocycles. The molecule has 0 spiro atoms. The molecule has 0 atom stereocenters. The fourth-order valence-electron chi connectivity index (χ4n) is 1.36. The lowest BCUT2D eigenvalue weighted by atomic mass is 10.2. The highest BCUT2D eigenvalue weighted by molar-refractivity contribution is 5.92. The standard InChI is InChI=1S/C13H18N2O4/c1-4-15(2)12(16)8-19-13(17)9-5-6-11(18-3)10(14)7-9/h5-7H,4,8,14H2,1-3H3. The van der Waals surface area contributed by atoms with Crippen LogP contribution in [0, 0.1) is 0 Å². The van der Waals surface area contributed by atoms with Gasteiger partial charge in [0.15, 0.2) is 6.61 Å². The van der Waals surface area contributed by atoms with Crippen LogP contribution in [0.15, 0.2) is 18.2 Å². The third-order valence-electron chi connectivity index (χ3n) is 2.69. The minimum Gasteiger partial charge on any atom is -0.495 e. The van der Waals surface area contributed by atoms with Crippen LogP contribution in [-0.2, 0) is 9.53 Å². The molecule has 1 amide bonds. The zero-order valence-corrected chi connectivity index (χ0v) is 11.3. The van der Waals surface area contributed by atoms with Gasteiger partial charge in [-0.25, -0.2) is 4.79 Å². The number of carbonyl (C=O) groups excluding carboxylic acids is 2. The second kappa shape index (κ2) is 6.63. The molecule has 0 saturated heterocycles. The summed E-state index contributed by atoms with van der Waals surface area (Å²) in [6, 6.07) is 4.56. The van der Waals surface area contributed by atoms with Crippen LogP contribution in [0.1, 0.15) is 17.3 Å². The lowest BCUT2D eigenvalue weighted by Crippen LogP contribution is -2.30. The molecule has 0 unspecified atom stereocenters. The maximum Gasteiger partial charge on any atom is 0.338 e. The molecule has 104 valence electrons. The fourth-order valence-corrected chi connectivity index (χ4v) is 1.36. The Balaban J connectivity index is 2.64. The Labute approximate surface area is 112 Å². The highest BCUT2D eigenvalue weighted by Crippen LogP contribution is 2.22. The first-order valence-corrected chi connectivity index (χ1v) is 5.84. The highest BCUT2D eigenvalue weighted by atomic mass is 16.5. The minimum absolute atomic E-state index is 0.252.